The molecule has 1 unspecified atom stereocenters. The van der Waals surface area contributed by atoms with Crippen molar-refractivity contribution in [2.24, 2.45) is 5.41 Å². The first-order valence-electron chi connectivity index (χ1n) is 16.0. The number of amides is 3. The highest BCUT2D eigenvalue weighted by molar-refractivity contribution is 7.13. The Morgan fingerprint density at radius 1 is 1.10 bits per heavy atom. The molecule has 8 rings (SSSR count). The van der Waals surface area contributed by atoms with E-state index in [4.69, 9.17) is 4.74 Å². The number of rotatable bonds is 6. The van der Waals surface area contributed by atoms with Crippen LogP contribution in [0.4, 0.5) is 20.1 Å². The van der Waals surface area contributed by atoms with Crippen LogP contribution >= 0.6 is 11.3 Å². The number of ether oxygens (including phenoxy) is 1. The van der Waals surface area contributed by atoms with Gasteiger partial charge in [-0.25, -0.2) is 24.1 Å². The number of benzene rings is 1. The molecule has 48 heavy (non-hydrogen) atoms. The largest absolute Gasteiger partial charge is 0.444 e. The van der Waals surface area contributed by atoms with Gasteiger partial charge in [0.05, 0.1) is 18.6 Å². The lowest BCUT2D eigenvalue weighted by molar-refractivity contribution is -0.121. The van der Waals surface area contributed by atoms with Crippen LogP contribution in [0.2, 0.25) is 0 Å². The Kier molecular flexibility index (Phi) is 7.06. The minimum atomic E-state index is -1.04. The number of fused-ring (bicyclic) bond motifs is 2. The zero-order valence-corrected chi connectivity index (χ0v) is 27.7. The minimum Gasteiger partial charge on any atom is -0.444 e. The summed E-state index contributed by atoms with van der Waals surface area (Å²) in [6.45, 7) is 9.22. The Bertz CT molecular complexity index is 1930. The highest BCUT2D eigenvalue weighted by Crippen LogP contribution is 2.42. The van der Waals surface area contributed by atoms with Crippen LogP contribution < -0.4 is 10.2 Å². The average molecular weight is 673 g/mol. The monoisotopic (exact) mass is 672 g/mol. The van der Waals surface area contributed by atoms with Gasteiger partial charge in [-0.05, 0) is 63.4 Å². The number of thiazole rings is 1. The van der Waals surface area contributed by atoms with Crippen molar-refractivity contribution < 1.29 is 24.9 Å². The second-order valence-electron chi connectivity index (χ2n) is 14.1. The van der Waals surface area contributed by atoms with Crippen molar-refractivity contribution in [2.75, 3.05) is 36.4 Å². The van der Waals surface area contributed by atoms with E-state index < -0.39 is 29.3 Å². The summed E-state index contributed by atoms with van der Waals surface area (Å²) in [6, 6.07) is 5.83. The molecule has 0 aliphatic carbocycles. The summed E-state index contributed by atoms with van der Waals surface area (Å²) in [6.07, 6.45) is 6.37. The standard InChI is InChI=1S/C34H35FN8O4S.H2/c1-33(2,3)47-32(46)42-17-34(18-42)15-41(16-34)26-7-6-20(13-37-26)21-11-22-23(24(35)12-21)14-43(30(22)45)28(29(44)39-31-36-8-10-48-31)27-25-5-4-9-40(25)19-38-27;/h6-8,10-13,19,28H,4-5,9,14-18H2,1-3H3,(H,36,39,44);1H. The molecular formula is C34H37FN8O4S. The summed E-state index contributed by atoms with van der Waals surface area (Å²) < 4.78 is 23.2. The molecule has 1 atom stereocenters. The van der Waals surface area contributed by atoms with Crippen molar-refractivity contribution in [3.63, 3.8) is 0 Å². The number of anilines is 2. The van der Waals surface area contributed by atoms with Crippen molar-refractivity contribution in [3.8, 4) is 11.1 Å². The smallest absolute Gasteiger partial charge is 0.410 e. The summed E-state index contributed by atoms with van der Waals surface area (Å²) in [5.74, 6) is -0.584. The van der Waals surface area contributed by atoms with E-state index in [1.54, 1.807) is 35.1 Å². The molecule has 4 aliphatic heterocycles. The Morgan fingerprint density at radius 3 is 2.62 bits per heavy atom. The van der Waals surface area contributed by atoms with Crippen LogP contribution in [-0.4, -0.2) is 79.0 Å². The number of carbonyl (C=O) groups is 3. The summed E-state index contributed by atoms with van der Waals surface area (Å²) in [5.41, 5.74) is 2.63. The van der Waals surface area contributed by atoms with Crippen LogP contribution in [0.15, 0.2) is 48.4 Å². The van der Waals surface area contributed by atoms with Crippen LogP contribution in [0, 0.1) is 11.2 Å². The maximum Gasteiger partial charge on any atom is 0.410 e. The van der Waals surface area contributed by atoms with E-state index in [2.05, 4.69) is 25.2 Å². The summed E-state index contributed by atoms with van der Waals surface area (Å²) in [4.78, 5) is 58.7. The van der Waals surface area contributed by atoms with Gasteiger partial charge in [-0.1, -0.05) is 0 Å². The summed E-state index contributed by atoms with van der Waals surface area (Å²) in [5, 5.41) is 4.99. The number of halogens is 1. The van der Waals surface area contributed by atoms with Crippen LogP contribution in [0.1, 0.15) is 62.0 Å². The fourth-order valence-corrected chi connectivity index (χ4v) is 7.79. The van der Waals surface area contributed by atoms with Gasteiger partial charge in [0.1, 0.15) is 17.2 Å². The molecule has 0 bridgehead atoms. The molecule has 1 spiro atoms. The second kappa shape index (κ2) is 11.1. The zero-order chi connectivity index (χ0) is 33.4. The van der Waals surface area contributed by atoms with Crippen LogP contribution in [0.3, 0.4) is 0 Å². The van der Waals surface area contributed by atoms with Crippen molar-refractivity contribution >= 4 is 40.2 Å². The third-order valence-electron chi connectivity index (χ3n) is 9.45. The Balaban J connectivity index is 0.00000378. The van der Waals surface area contributed by atoms with Crippen molar-refractivity contribution in [3.05, 3.63) is 76.7 Å². The van der Waals surface area contributed by atoms with Gasteiger partial charge < -0.3 is 24.0 Å². The molecule has 250 valence electrons. The number of pyridine rings is 1. The molecule has 4 aromatic rings. The number of nitrogens with one attached hydrogen (secondary N) is 1. The van der Waals surface area contributed by atoms with E-state index in [0.29, 0.717) is 35.0 Å². The number of nitrogens with zero attached hydrogens (tertiary/aromatic N) is 7. The van der Waals surface area contributed by atoms with Crippen molar-refractivity contribution in [1.29, 1.82) is 0 Å². The topological polar surface area (TPSA) is 126 Å². The molecule has 7 heterocycles. The fourth-order valence-electron chi connectivity index (χ4n) is 7.25. The first-order valence-corrected chi connectivity index (χ1v) is 16.9. The quantitative estimate of drug-likeness (QED) is 0.299. The first-order chi connectivity index (χ1) is 23.0. The molecule has 2 saturated heterocycles. The van der Waals surface area contributed by atoms with E-state index in [9.17, 15) is 14.4 Å². The average Bonchev–Trinajstić information content (AvgIpc) is 3.79. The van der Waals surface area contributed by atoms with E-state index >= 15 is 4.39 Å². The summed E-state index contributed by atoms with van der Waals surface area (Å²) >= 11 is 1.28. The molecule has 14 heteroatoms. The highest BCUT2D eigenvalue weighted by Gasteiger charge is 2.54. The predicted molar refractivity (Wildman–Crippen MR) is 178 cm³/mol. The van der Waals surface area contributed by atoms with Crippen molar-refractivity contribution in [2.45, 2.75) is 58.3 Å². The van der Waals surface area contributed by atoms with Gasteiger partial charge in [0.25, 0.3) is 11.8 Å². The number of hydrogen-bond acceptors (Lipinski definition) is 9. The van der Waals surface area contributed by atoms with E-state index in [1.807, 2.05) is 37.5 Å². The van der Waals surface area contributed by atoms with E-state index in [0.717, 1.165) is 44.0 Å². The van der Waals surface area contributed by atoms with Gasteiger partial charge in [0.2, 0.25) is 0 Å². The molecule has 2 fully saturated rings. The molecule has 12 nitrogen and oxygen atoms in total. The Labute approximate surface area is 282 Å². The number of hydrogen-bond donors (Lipinski definition) is 1. The van der Waals surface area contributed by atoms with Gasteiger partial charge in [-0.2, -0.15) is 0 Å². The Morgan fingerprint density at radius 2 is 1.92 bits per heavy atom. The highest BCUT2D eigenvalue weighted by atomic mass is 32.1. The number of imidazole rings is 1. The van der Waals surface area contributed by atoms with E-state index in [1.165, 1.54) is 22.3 Å². The lowest BCUT2D eigenvalue weighted by atomic mass is 9.73. The van der Waals surface area contributed by atoms with Crippen LogP contribution in [-0.2, 0) is 29.0 Å². The molecule has 0 saturated carbocycles. The lowest BCUT2D eigenvalue weighted by Crippen LogP contribution is -2.73. The predicted octanol–water partition coefficient (Wildman–Crippen LogP) is 5.13. The van der Waals surface area contributed by atoms with Gasteiger partial charge in [-0.15, -0.1) is 11.3 Å². The molecule has 1 N–H and O–H groups in total. The Hall–Kier alpha value is -4.85. The van der Waals surface area contributed by atoms with Gasteiger partial charge in [-0.3, -0.25) is 14.9 Å². The fraction of sp³-hybridized carbons (Fsp3) is 0.412. The van der Waals surface area contributed by atoms with Crippen LogP contribution in [0.25, 0.3) is 11.1 Å². The van der Waals surface area contributed by atoms with Gasteiger partial charge >= 0.3 is 6.09 Å². The van der Waals surface area contributed by atoms with E-state index in [-0.39, 0.29) is 30.6 Å². The molecule has 3 aromatic heterocycles. The molecule has 1 aromatic carbocycles. The normalized spacial score (nSPS) is 18.3. The van der Waals surface area contributed by atoms with Gasteiger partial charge in [0.15, 0.2) is 11.2 Å². The number of aromatic nitrogens is 4. The van der Waals surface area contributed by atoms with Crippen LogP contribution in [0.5, 0.6) is 0 Å². The second-order valence-corrected chi connectivity index (χ2v) is 15.0. The maximum atomic E-state index is 15.7. The zero-order valence-electron chi connectivity index (χ0n) is 26.9. The number of carbonyl (C=O) groups excluding carboxylic acids is 3. The molecule has 3 amide bonds. The maximum absolute atomic E-state index is 15.7. The third-order valence-corrected chi connectivity index (χ3v) is 10.1. The van der Waals surface area contributed by atoms with Gasteiger partial charge in [0, 0.05) is 79.7 Å². The van der Waals surface area contributed by atoms with Crippen molar-refractivity contribution in [1.82, 2.24) is 29.3 Å². The third kappa shape index (κ3) is 5.27. The SMILES string of the molecule is CC(C)(C)OC(=O)N1CC2(C1)CN(c1ccc(-c3cc(F)c4c(c3)C(=O)N(C(C(=O)Nc3nccs3)c3ncn5c3CCC5)C4)cn1)C2.[HH]. The molecular weight excluding hydrogens is 635 g/mol. The lowest BCUT2D eigenvalue weighted by Gasteiger charge is -2.60. The summed E-state index contributed by atoms with van der Waals surface area (Å²) in [7, 11) is 0. The number of aryl methyl sites for hydroxylation is 1. The molecule has 4 aliphatic rings. The number of likely N-dealkylation sites (tertiary alicyclic amines) is 1. The minimum absolute atomic E-state index is 0. The molecule has 0 radical (unpaired) electrons. The first kappa shape index (κ1) is 30.5.